The second-order valence-electron chi connectivity index (χ2n) is 3.26. The van der Waals surface area contributed by atoms with Crippen molar-refractivity contribution in [1.82, 2.24) is 15.0 Å². The summed E-state index contributed by atoms with van der Waals surface area (Å²) in [7, 11) is 1.49. The van der Waals surface area contributed by atoms with Crippen molar-refractivity contribution in [3.8, 4) is 6.01 Å². The van der Waals surface area contributed by atoms with E-state index in [1.165, 1.54) is 7.11 Å². The summed E-state index contributed by atoms with van der Waals surface area (Å²) >= 11 is 5.56. The van der Waals surface area contributed by atoms with Crippen LogP contribution < -0.4 is 15.1 Å². The van der Waals surface area contributed by atoms with Crippen LogP contribution in [0.2, 0.25) is 0 Å². The van der Waals surface area contributed by atoms with Gasteiger partial charge in [-0.05, 0) is 13.8 Å². The molecule has 0 amide bonds. The van der Waals surface area contributed by atoms with Crippen LogP contribution in [0.1, 0.15) is 13.8 Å². The van der Waals surface area contributed by atoms with E-state index in [0.717, 1.165) is 13.1 Å². The third-order valence-electron chi connectivity index (χ3n) is 2.15. The molecule has 1 N–H and O–H groups in total. The number of hydrogen-bond donors (Lipinski definition) is 1. The first-order chi connectivity index (χ1) is 8.74. The van der Waals surface area contributed by atoms with Crippen molar-refractivity contribution in [2.75, 3.05) is 43.1 Å². The predicted molar refractivity (Wildman–Crippen MR) is 70.2 cm³/mol. The van der Waals surface area contributed by atoms with Crippen molar-refractivity contribution in [3.05, 3.63) is 0 Å². The van der Waals surface area contributed by atoms with Gasteiger partial charge in [0.15, 0.2) is 0 Å². The molecule has 0 aliphatic heterocycles. The van der Waals surface area contributed by atoms with Crippen molar-refractivity contribution >= 4 is 23.5 Å². The van der Waals surface area contributed by atoms with Crippen LogP contribution in [0.3, 0.4) is 0 Å². The topological polar surface area (TPSA) is 72.4 Å². The molecule has 0 radical (unpaired) electrons. The molecule has 8 heteroatoms. The fourth-order valence-corrected chi connectivity index (χ4v) is 1.40. The van der Waals surface area contributed by atoms with Gasteiger partial charge < -0.3 is 9.64 Å². The largest absolute Gasteiger partial charge is 0.462 e. The highest BCUT2D eigenvalue weighted by molar-refractivity contribution is 6.17. The fraction of sp³-hybridized carbons (Fsp3) is 0.700. The fourth-order valence-electron chi connectivity index (χ4n) is 1.33. The summed E-state index contributed by atoms with van der Waals surface area (Å²) < 4.78 is 5.31. The standard InChI is InChI=1S/C10H18ClN5O2/c1-4-16(5-2)9-12-8(15-17-3)13-10(14-9)18-7-6-11/h4-7H2,1-3H3,(H,12,13,14,15). The average Bonchev–Trinajstić information content (AvgIpc) is 2.38. The second-order valence-corrected chi connectivity index (χ2v) is 3.64. The van der Waals surface area contributed by atoms with Gasteiger partial charge in [-0.3, -0.25) is 4.84 Å². The van der Waals surface area contributed by atoms with Gasteiger partial charge in [0.2, 0.25) is 5.95 Å². The molecule has 0 unspecified atom stereocenters. The molecule has 1 heterocycles. The minimum absolute atomic E-state index is 0.229. The lowest BCUT2D eigenvalue weighted by Gasteiger charge is -2.19. The van der Waals surface area contributed by atoms with Crippen LogP contribution in [0.25, 0.3) is 0 Å². The zero-order valence-electron chi connectivity index (χ0n) is 10.8. The Hall–Kier alpha value is -1.34. The van der Waals surface area contributed by atoms with Gasteiger partial charge in [-0.25, -0.2) is 5.48 Å². The summed E-state index contributed by atoms with van der Waals surface area (Å²) in [4.78, 5) is 19.3. The predicted octanol–water partition coefficient (Wildman–Crippen LogP) is 1.31. The highest BCUT2D eigenvalue weighted by Gasteiger charge is 2.11. The van der Waals surface area contributed by atoms with Gasteiger partial charge in [-0.1, -0.05) is 0 Å². The Kier molecular flexibility index (Phi) is 6.45. The van der Waals surface area contributed by atoms with Gasteiger partial charge in [-0.2, -0.15) is 15.0 Å². The highest BCUT2D eigenvalue weighted by Crippen LogP contribution is 2.14. The number of ether oxygens (including phenoxy) is 1. The van der Waals surface area contributed by atoms with Crippen LogP contribution in [0.5, 0.6) is 6.01 Å². The molecule has 7 nitrogen and oxygen atoms in total. The molecule has 0 saturated heterocycles. The minimum Gasteiger partial charge on any atom is -0.462 e. The van der Waals surface area contributed by atoms with Gasteiger partial charge in [0.1, 0.15) is 6.61 Å². The second kappa shape index (κ2) is 7.88. The number of halogens is 1. The minimum atomic E-state index is 0.229. The van der Waals surface area contributed by atoms with E-state index in [9.17, 15) is 0 Å². The lowest BCUT2D eigenvalue weighted by atomic mass is 10.5. The van der Waals surface area contributed by atoms with Gasteiger partial charge in [0.25, 0.3) is 5.95 Å². The summed E-state index contributed by atoms with van der Waals surface area (Å²) in [6, 6.07) is 0.229. The molecule has 18 heavy (non-hydrogen) atoms. The van der Waals surface area contributed by atoms with Crippen molar-refractivity contribution < 1.29 is 9.57 Å². The molecule has 1 aromatic heterocycles. The Bertz CT molecular complexity index is 362. The zero-order valence-corrected chi connectivity index (χ0v) is 11.6. The van der Waals surface area contributed by atoms with Crippen molar-refractivity contribution in [2.45, 2.75) is 13.8 Å². The van der Waals surface area contributed by atoms with E-state index >= 15 is 0 Å². The SMILES string of the molecule is CCN(CC)c1nc(NOC)nc(OCCCl)n1. The number of nitrogens with zero attached hydrogens (tertiary/aromatic N) is 4. The molecule has 1 aromatic rings. The van der Waals surface area contributed by atoms with Crippen molar-refractivity contribution in [3.63, 3.8) is 0 Å². The number of aromatic nitrogens is 3. The van der Waals surface area contributed by atoms with Gasteiger partial charge in [0, 0.05) is 13.1 Å². The van der Waals surface area contributed by atoms with E-state index in [1.54, 1.807) is 0 Å². The van der Waals surface area contributed by atoms with Crippen LogP contribution in [0.4, 0.5) is 11.9 Å². The van der Waals surface area contributed by atoms with Crippen LogP contribution >= 0.6 is 11.6 Å². The van der Waals surface area contributed by atoms with Crippen LogP contribution in [-0.4, -0.2) is 47.6 Å². The van der Waals surface area contributed by atoms with E-state index in [4.69, 9.17) is 21.2 Å². The van der Waals surface area contributed by atoms with Crippen LogP contribution in [-0.2, 0) is 4.84 Å². The maximum atomic E-state index is 5.56. The van der Waals surface area contributed by atoms with Gasteiger partial charge in [-0.15, -0.1) is 11.6 Å². The first-order valence-corrected chi connectivity index (χ1v) is 6.27. The molecular weight excluding hydrogens is 258 g/mol. The van der Waals surface area contributed by atoms with Crippen molar-refractivity contribution in [2.24, 2.45) is 0 Å². The van der Waals surface area contributed by atoms with Crippen LogP contribution in [0.15, 0.2) is 0 Å². The third kappa shape index (κ3) is 4.15. The molecule has 0 aliphatic rings. The molecule has 0 bridgehead atoms. The molecule has 0 aliphatic carbocycles. The van der Waals surface area contributed by atoms with Gasteiger partial charge >= 0.3 is 6.01 Å². The third-order valence-corrected chi connectivity index (χ3v) is 2.31. The van der Waals surface area contributed by atoms with Gasteiger partial charge in [0.05, 0.1) is 13.0 Å². The van der Waals surface area contributed by atoms with E-state index in [2.05, 4.69) is 20.4 Å². The number of nitrogens with one attached hydrogen (secondary N) is 1. The van der Waals surface area contributed by atoms with Crippen LogP contribution in [0, 0.1) is 0 Å². The van der Waals surface area contributed by atoms with E-state index in [-0.39, 0.29) is 6.01 Å². The van der Waals surface area contributed by atoms with E-state index < -0.39 is 0 Å². The van der Waals surface area contributed by atoms with E-state index in [0.29, 0.717) is 24.4 Å². The smallest absolute Gasteiger partial charge is 0.323 e. The Morgan fingerprint density at radius 1 is 1.22 bits per heavy atom. The molecule has 0 atom stereocenters. The first-order valence-electron chi connectivity index (χ1n) is 5.73. The number of anilines is 2. The molecule has 0 spiro atoms. The molecule has 0 fully saturated rings. The molecular formula is C10H18ClN5O2. The summed E-state index contributed by atoms with van der Waals surface area (Å²) in [5.41, 5.74) is 2.57. The normalized spacial score (nSPS) is 10.2. The maximum absolute atomic E-state index is 5.56. The number of alkyl halides is 1. The highest BCUT2D eigenvalue weighted by atomic mass is 35.5. The first kappa shape index (κ1) is 14.7. The van der Waals surface area contributed by atoms with E-state index in [1.807, 2.05) is 18.7 Å². The Labute approximate surface area is 111 Å². The summed E-state index contributed by atoms with van der Waals surface area (Å²) in [5, 5.41) is 0. The quantitative estimate of drug-likeness (QED) is 0.566. The number of hydrogen-bond acceptors (Lipinski definition) is 7. The molecule has 0 saturated carbocycles. The van der Waals surface area contributed by atoms with Crippen molar-refractivity contribution in [1.29, 1.82) is 0 Å². The molecule has 102 valence electrons. The Morgan fingerprint density at radius 2 is 1.94 bits per heavy atom. The molecule has 0 aromatic carbocycles. The maximum Gasteiger partial charge on any atom is 0.323 e. The Morgan fingerprint density at radius 3 is 2.50 bits per heavy atom. The summed E-state index contributed by atoms with van der Waals surface area (Å²) in [5.74, 6) is 1.22. The molecule has 1 rings (SSSR count). The summed E-state index contributed by atoms with van der Waals surface area (Å²) in [6.07, 6.45) is 0. The lowest BCUT2D eigenvalue weighted by molar-refractivity contribution is 0.263. The lowest BCUT2D eigenvalue weighted by Crippen LogP contribution is -2.25. The average molecular weight is 276 g/mol. The summed E-state index contributed by atoms with van der Waals surface area (Å²) in [6.45, 7) is 5.98. The Balaban J connectivity index is 2.96. The monoisotopic (exact) mass is 275 g/mol. The number of rotatable bonds is 8. The zero-order chi connectivity index (χ0) is 13.4.